The van der Waals surface area contributed by atoms with Crippen molar-refractivity contribution < 1.29 is 0 Å². The molecule has 0 unspecified atom stereocenters. The topological polar surface area (TPSA) is 51.8 Å². The maximum atomic E-state index is 6.02. The van der Waals surface area contributed by atoms with E-state index >= 15 is 0 Å². The van der Waals surface area contributed by atoms with E-state index in [4.69, 9.17) is 5.73 Å². The Morgan fingerprint density at radius 2 is 1.20 bits per heavy atom. The Hall–Kier alpha value is -2.68. The van der Waals surface area contributed by atoms with Crippen molar-refractivity contribution in [1.82, 2.24) is 9.97 Å². The monoisotopic (exact) mass is 261 g/mol. The van der Waals surface area contributed by atoms with E-state index in [2.05, 4.69) is 34.2 Å². The first-order chi connectivity index (χ1) is 9.86. The molecule has 0 saturated heterocycles. The van der Waals surface area contributed by atoms with Gasteiger partial charge in [-0.05, 0) is 11.1 Å². The van der Waals surface area contributed by atoms with E-state index in [1.54, 1.807) is 12.4 Å². The molecule has 3 aromatic rings. The lowest BCUT2D eigenvalue weighted by atomic mass is 9.88. The molecule has 0 radical (unpaired) electrons. The number of benzene rings is 2. The van der Waals surface area contributed by atoms with Crippen LogP contribution in [0.25, 0.3) is 0 Å². The normalized spacial score (nSPS) is 10.7. The highest BCUT2D eigenvalue weighted by Crippen LogP contribution is 2.32. The Labute approximate surface area is 118 Å². The lowest BCUT2D eigenvalue weighted by Gasteiger charge is -2.18. The molecular formula is C17H15N3. The average Bonchev–Trinajstić information content (AvgIpc) is 2.52. The second-order valence-electron chi connectivity index (χ2n) is 4.58. The van der Waals surface area contributed by atoms with Crippen molar-refractivity contribution in [2.75, 3.05) is 5.73 Å². The summed E-state index contributed by atoms with van der Waals surface area (Å²) in [6.45, 7) is 0. The van der Waals surface area contributed by atoms with Crippen molar-refractivity contribution in [3.8, 4) is 0 Å². The van der Waals surface area contributed by atoms with Gasteiger partial charge in [0.25, 0.3) is 0 Å². The lowest BCUT2D eigenvalue weighted by molar-refractivity contribution is 0.908. The third kappa shape index (κ3) is 2.38. The van der Waals surface area contributed by atoms with Gasteiger partial charge < -0.3 is 5.73 Å². The van der Waals surface area contributed by atoms with Gasteiger partial charge in [0.2, 0.25) is 0 Å². The highest BCUT2D eigenvalue weighted by Gasteiger charge is 2.20. The smallest absolute Gasteiger partial charge is 0.146 e. The summed E-state index contributed by atoms with van der Waals surface area (Å²) in [7, 11) is 0. The van der Waals surface area contributed by atoms with Gasteiger partial charge in [-0.3, -0.25) is 4.98 Å². The number of nitrogens with zero attached hydrogens (tertiary/aromatic N) is 2. The van der Waals surface area contributed by atoms with Gasteiger partial charge in [-0.25, -0.2) is 4.98 Å². The fourth-order valence-electron chi connectivity index (χ4n) is 2.38. The molecule has 3 rings (SSSR count). The third-order valence-corrected chi connectivity index (χ3v) is 3.30. The van der Waals surface area contributed by atoms with E-state index in [0.29, 0.717) is 5.82 Å². The Bertz CT molecular complexity index is 641. The molecule has 1 aromatic heterocycles. The molecule has 3 heteroatoms. The number of nitrogen functional groups attached to an aromatic ring is 1. The summed E-state index contributed by atoms with van der Waals surface area (Å²) in [4.78, 5) is 8.61. The molecule has 20 heavy (non-hydrogen) atoms. The summed E-state index contributed by atoms with van der Waals surface area (Å²) < 4.78 is 0. The fourth-order valence-corrected chi connectivity index (χ4v) is 2.38. The molecule has 98 valence electrons. The average molecular weight is 261 g/mol. The van der Waals surface area contributed by atoms with Gasteiger partial charge in [-0.2, -0.15) is 0 Å². The van der Waals surface area contributed by atoms with Crippen molar-refractivity contribution in [3.63, 3.8) is 0 Å². The van der Waals surface area contributed by atoms with Crippen LogP contribution >= 0.6 is 0 Å². The van der Waals surface area contributed by atoms with Crippen LogP contribution in [-0.4, -0.2) is 9.97 Å². The van der Waals surface area contributed by atoms with Gasteiger partial charge in [0.05, 0.1) is 11.6 Å². The van der Waals surface area contributed by atoms with E-state index in [9.17, 15) is 0 Å². The minimum Gasteiger partial charge on any atom is -0.382 e. The second kappa shape index (κ2) is 5.53. The number of nitrogens with two attached hydrogens (primary N) is 1. The molecule has 0 spiro atoms. The zero-order valence-electron chi connectivity index (χ0n) is 11.0. The third-order valence-electron chi connectivity index (χ3n) is 3.30. The van der Waals surface area contributed by atoms with Crippen LogP contribution in [0.4, 0.5) is 5.82 Å². The Balaban J connectivity index is 2.17. The van der Waals surface area contributed by atoms with Crippen LogP contribution in [0.3, 0.4) is 0 Å². The van der Waals surface area contributed by atoms with Crippen LogP contribution < -0.4 is 5.73 Å². The summed E-state index contributed by atoms with van der Waals surface area (Å²) in [6, 6.07) is 20.5. The number of aromatic nitrogens is 2. The highest BCUT2D eigenvalue weighted by molar-refractivity contribution is 5.48. The molecule has 0 aliphatic rings. The van der Waals surface area contributed by atoms with Crippen LogP contribution in [0.2, 0.25) is 0 Å². The molecule has 0 aliphatic heterocycles. The predicted octanol–water partition coefficient (Wildman–Crippen LogP) is 3.24. The van der Waals surface area contributed by atoms with Crippen molar-refractivity contribution in [2.24, 2.45) is 0 Å². The molecule has 0 amide bonds. The molecule has 0 atom stereocenters. The van der Waals surface area contributed by atoms with Crippen molar-refractivity contribution in [1.29, 1.82) is 0 Å². The molecule has 1 heterocycles. The Morgan fingerprint density at radius 1 is 0.700 bits per heavy atom. The van der Waals surface area contributed by atoms with E-state index in [1.165, 1.54) is 0 Å². The maximum absolute atomic E-state index is 6.02. The van der Waals surface area contributed by atoms with Gasteiger partial charge in [0.15, 0.2) is 0 Å². The van der Waals surface area contributed by atoms with Crippen LogP contribution in [0.1, 0.15) is 22.7 Å². The number of hydrogen-bond acceptors (Lipinski definition) is 3. The summed E-state index contributed by atoms with van der Waals surface area (Å²) in [5.74, 6) is 0.483. The molecule has 0 fully saturated rings. The summed E-state index contributed by atoms with van der Waals surface area (Å²) >= 11 is 0. The lowest BCUT2D eigenvalue weighted by Crippen LogP contribution is -2.09. The van der Waals surface area contributed by atoms with Gasteiger partial charge in [0, 0.05) is 12.4 Å². The van der Waals surface area contributed by atoms with Crippen molar-refractivity contribution in [3.05, 3.63) is 89.9 Å². The minimum absolute atomic E-state index is 0.00565. The Morgan fingerprint density at radius 3 is 1.70 bits per heavy atom. The molecule has 0 aliphatic carbocycles. The summed E-state index contributed by atoms with van der Waals surface area (Å²) in [6.07, 6.45) is 3.30. The van der Waals surface area contributed by atoms with Gasteiger partial charge in [-0.15, -0.1) is 0 Å². The fraction of sp³-hybridized carbons (Fsp3) is 0.0588. The van der Waals surface area contributed by atoms with Crippen LogP contribution in [0.15, 0.2) is 73.1 Å². The molecule has 0 saturated carbocycles. The highest BCUT2D eigenvalue weighted by atomic mass is 14.9. The van der Waals surface area contributed by atoms with E-state index in [0.717, 1.165) is 16.8 Å². The van der Waals surface area contributed by atoms with E-state index in [1.807, 2.05) is 36.4 Å². The second-order valence-corrected chi connectivity index (χ2v) is 4.58. The first kappa shape index (κ1) is 12.4. The first-order valence-corrected chi connectivity index (χ1v) is 6.52. The minimum atomic E-state index is 0.00565. The number of rotatable bonds is 3. The van der Waals surface area contributed by atoms with E-state index in [-0.39, 0.29) is 5.92 Å². The zero-order valence-corrected chi connectivity index (χ0v) is 11.0. The van der Waals surface area contributed by atoms with Crippen LogP contribution in [0.5, 0.6) is 0 Å². The van der Waals surface area contributed by atoms with Gasteiger partial charge >= 0.3 is 0 Å². The number of hydrogen-bond donors (Lipinski definition) is 1. The van der Waals surface area contributed by atoms with Gasteiger partial charge in [-0.1, -0.05) is 60.7 Å². The molecule has 0 bridgehead atoms. The predicted molar refractivity (Wildman–Crippen MR) is 80.3 cm³/mol. The maximum Gasteiger partial charge on any atom is 0.146 e. The SMILES string of the molecule is Nc1nccnc1C(c1ccccc1)c1ccccc1. The summed E-state index contributed by atoms with van der Waals surface area (Å²) in [5, 5.41) is 0. The van der Waals surface area contributed by atoms with E-state index < -0.39 is 0 Å². The van der Waals surface area contributed by atoms with Crippen LogP contribution in [0, 0.1) is 0 Å². The quantitative estimate of drug-likeness (QED) is 0.787. The van der Waals surface area contributed by atoms with Crippen LogP contribution in [-0.2, 0) is 0 Å². The first-order valence-electron chi connectivity index (χ1n) is 6.52. The zero-order chi connectivity index (χ0) is 13.8. The standard InChI is InChI=1S/C17H15N3/c18-17-16(19-11-12-20-17)15(13-7-3-1-4-8-13)14-9-5-2-6-10-14/h1-12,15H,(H2,18,20). The molecular weight excluding hydrogens is 246 g/mol. The molecule has 2 N–H and O–H groups in total. The molecule has 3 nitrogen and oxygen atoms in total. The largest absolute Gasteiger partial charge is 0.382 e. The van der Waals surface area contributed by atoms with Crippen molar-refractivity contribution >= 4 is 5.82 Å². The number of anilines is 1. The Kier molecular flexibility index (Phi) is 3.42. The molecule has 2 aromatic carbocycles. The van der Waals surface area contributed by atoms with Gasteiger partial charge in [0.1, 0.15) is 5.82 Å². The summed E-state index contributed by atoms with van der Waals surface area (Å²) in [5.41, 5.74) is 9.14. The van der Waals surface area contributed by atoms with Crippen molar-refractivity contribution in [2.45, 2.75) is 5.92 Å².